The first-order valence-electron chi connectivity index (χ1n) is 5.06. The highest BCUT2D eigenvalue weighted by Gasteiger charge is 2.22. The summed E-state index contributed by atoms with van der Waals surface area (Å²) in [6.45, 7) is 2.77. The van der Waals surface area contributed by atoms with E-state index in [-0.39, 0.29) is 11.5 Å². The minimum atomic E-state index is -0.995. The van der Waals surface area contributed by atoms with Gasteiger partial charge in [-0.3, -0.25) is 19.7 Å². The van der Waals surface area contributed by atoms with Crippen molar-refractivity contribution in [3.63, 3.8) is 0 Å². The first kappa shape index (κ1) is 13.8. The van der Waals surface area contributed by atoms with Crippen LogP contribution in [0.5, 0.6) is 0 Å². The Bertz CT molecular complexity index is 504. The van der Waals surface area contributed by atoms with Gasteiger partial charge in [0.25, 0.3) is 0 Å². The number of hydrogen-bond donors (Lipinski definition) is 0. The van der Waals surface area contributed by atoms with Crippen LogP contribution in [0, 0.1) is 15.9 Å². The Morgan fingerprint density at radius 3 is 2.61 bits per heavy atom. The van der Waals surface area contributed by atoms with Gasteiger partial charge in [-0.1, -0.05) is 0 Å². The third kappa shape index (κ3) is 2.68. The lowest BCUT2D eigenvalue weighted by Crippen LogP contribution is -2.36. The molecule has 1 atom stereocenters. The smallest absolute Gasteiger partial charge is 0.305 e. The summed E-state index contributed by atoms with van der Waals surface area (Å²) in [5.74, 6) is -1.28. The van der Waals surface area contributed by atoms with Crippen LogP contribution in [0.3, 0.4) is 0 Å². The van der Waals surface area contributed by atoms with E-state index in [2.05, 4.69) is 0 Å². The third-order valence-corrected chi connectivity index (χ3v) is 2.54. The van der Waals surface area contributed by atoms with E-state index in [1.165, 1.54) is 19.9 Å². The second-order valence-electron chi connectivity index (χ2n) is 3.69. The monoisotopic (exact) mass is 254 g/mol. The number of anilines is 1. The van der Waals surface area contributed by atoms with Gasteiger partial charge in [-0.25, -0.2) is 0 Å². The van der Waals surface area contributed by atoms with Crippen LogP contribution in [-0.2, 0) is 9.59 Å². The molecule has 1 amide bonds. The zero-order valence-electron chi connectivity index (χ0n) is 9.79. The molecule has 0 aliphatic heterocycles. The van der Waals surface area contributed by atoms with Crippen molar-refractivity contribution in [2.45, 2.75) is 19.9 Å². The molecule has 1 unspecified atom stereocenters. The van der Waals surface area contributed by atoms with Gasteiger partial charge in [0, 0.05) is 6.07 Å². The minimum absolute atomic E-state index is 0.0980. The number of amides is 1. The fourth-order valence-electron chi connectivity index (χ4n) is 1.37. The molecule has 0 saturated carbocycles. The van der Waals surface area contributed by atoms with Crippen LogP contribution in [0.4, 0.5) is 15.8 Å². The normalized spacial score (nSPS) is 11.7. The Balaban J connectivity index is 3.23. The number of carbonyl (C=O) groups excluding carboxylic acids is 2. The van der Waals surface area contributed by atoms with Crippen molar-refractivity contribution < 1.29 is 18.9 Å². The molecule has 0 radical (unpaired) electrons. The topological polar surface area (TPSA) is 80.5 Å². The largest absolute Gasteiger partial charge is 0.306 e. The van der Waals surface area contributed by atoms with Gasteiger partial charge in [0.15, 0.2) is 5.78 Å². The molecule has 0 heterocycles. The van der Waals surface area contributed by atoms with Crippen molar-refractivity contribution >= 4 is 23.6 Å². The lowest BCUT2D eigenvalue weighted by atomic mass is 10.1. The van der Waals surface area contributed by atoms with E-state index in [0.29, 0.717) is 6.41 Å². The predicted octanol–water partition coefficient (Wildman–Crippen LogP) is 1.67. The van der Waals surface area contributed by atoms with Gasteiger partial charge in [0.1, 0.15) is 0 Å². The Kier molecular flexibility index (Phi) is 4.09. The number of Topliss-reactive ketones (excluding diaryl/α,β-unsaturated/α-hetero) is 1. The second-order valence-corrected chi connectivity index (χ2v) is 3.69. The van der Waals surface area contributed by atoms with Gasteiger partial charge in [0.05, 0.1) is 16.7 Å². The lowest BCUT2D eigenvalue weighted by molar-refractivity contribution is -0.387. The van der Waals surface area contributed by atoms with Crippen molar-refractivity contribution in [3.8, 4) is 0 Å². The number of hydrogen-bond acceptors (Lipinski definition) is 4. The molecule has 96 valence electrons. The highest BCUT2D eigenvalue weighted by atomic mass is 19.1. The zero-order valence-corrected chi connectivity index (χ0v) is 9.79. The van der Waals surface area contributed by atoms with Gasteiger partial charge in [0.2, 0.25) is 12.2 Å². The van der Waals surface area contributed by atoms with E-state index in [1.54, 1.807) is 0 Å². The Morgan fingerprint density at radius 2 is 2.17 bits per heavy atom. The van der Waals surface area contributed by atoms with Crippen molar-refractivity contribution in [2.24, 2.45) is 0 Å². The minimum Gasteiger partial charge on any atom is -0.305 e. The summed E-state index contributed by atoms with van der Waals surface area (Å²) in [5.41, 5.74) is -0.643. The third-order valence-electron chi connectivity index (χ3n) is 2.54. The molecule has 1 rings (SSSR count). The molecule has 0 N–H and O–H groups in total. The molecule has 0 saturated heterocycles. The highest BCUT2D eigenvalue weighted by Crippen LogP contribution is 2.25. The number of halogens is 1. The molecule has 0 fully saturated rings. The molecule has 0 aliphatic carbocycles. The molecular weight excluding hydrogens is 243 g/mol. The Hall–Kier alpha value is -2.31. The van der Waals surface area contributed by atoms with Crippen LogP contribution in [0.15, 0.2) is 18.2 Å². The zero-order chi connectivity index (χ0) is 13.9. The van der Waals surface area contributed by atoms with E-state index in [1.807, 2.05) is 0 Å². The van der Waals surface area contributed by atoms with Crippen LogP contribution in [0.25, 0.3) is 0 Å². The highest BCUT2D eigenvalue weighted by molar-refractivity contribution is 5.91. The summed E-state index contributed by atoms with van der Waals surface area (Å²) in [7, 11) is 0. The van der Waals surface area contributed by atoms with Crippen molar-refractivity contribution in [1.82, 2.24) is 0 Å². The Morgan fingerprint density at radius 1 is 1.56 bits per heavy atom. The molecular formula is C11H11FN2O4. The van der Waals surface area contributed by atoms with Gasteiger partial charge < -0.3 is 4.90 Å². The summed E-state index contributed by atoms with van der Waals surface area (Å²) in [6, 6.07) is 2.24. The number of carbonyl (C=O) groups is 2. The first-order chi connectivity index (χ1) is 8.38. The van der Waals surface area contributed by atoms with Crippen LogP contribution in [0.2, 0.25) is 0 Å². The fraction of sp³-hybridized carbons (Fsp3) is 0.273. The summed E-state index contributed by atoms with van der Waals surface area (Å²) >= 11 is 0. The molecule has 1 aromatic rings. The average Bonchev–Trinajstić information content (AvgIpc) is 2.31. The number of ketones is 1. The number of nitro groups is 1. The first-order valence-corrected chi connectivity index (χ1v) is 5.06. The van der Waals surface area contributed by atoms with Gasteiger partial charge in [-0.15, -0.1) is 0 Å². The summed E-state index contributed by atoms with van der Waals surface area (Å²) < 4.78 is 13.1. The number of nitro benzene ring substituents is 1. The predicted molar refractivity (Wildman–Crippen MR) is 61.7 cm³/mol. The van der Waals surface area contributed by atoms with Crippen LogP contribution in [0.1, 0.15) is 13.8 Å². The summed E-state index contributed by atoms with van der Waals surface area (Å²) in [4.78, 5) is 32.8. The van der Waals surface area contributed by atoms with Gasteiger partial charge >= 0.3 is 5.69 Å². The maximum atomic E-state index is 13.1. The van der Waals surface area contributed by atoms with Crippen LogP contribution < -0.4 is 4.90 Å². The van der Waals surface area contributed by atoms with Crippen molar-refractivity contribution in [2.75, 3.05) is 4.90 Å². The molecule has 0 aliphatic rings. The lowest BCUT2D eigenvalue weighted by Gasteiger charge is -2.22. The standard InChI is InChI=1S/C11H11FN2O4/c1-7(8(2)16)13(6-15)9-3-4-10(12)11(5-9)14(17)18/h3-7H,1-2H3. The molecule has 0 bridgehead atoms. The molecule has 0 spiro atoms. The maximum Gasteiger partial charge on any atom is 0.306 e. The van der Waals surface area contributed by atoms with E-state index in [9.17, 15) is 24.1 Å². The van der Waals surface area contributed by atoms with Crippen molar-refractivity contribution in [1.29, 1.82) is 0 Å². The molecule has 0 aromatic heterocycles. The molecule has 7 heteroatoms. The SMILES string of the molecule is CC(=O)C(C)N(C=O)c1ccc(F)c([N+](=O)[O-])c1. The van der Waals surface area contributed by atoms with Crippen LogP contribution >= 0.6 is 0 Å². The number of nitrogens with zero attached hydrogens (tertiary/aromatic N) is 2. The van der Waals surface area contributed by atoms with Gasteiger partial charge in [-0.05, 0) is 26.0 Å². The maximum absolute atomic E-state index is 13.1. The van der Waals surface area contributed by atoms with E-state index < -0.39 is 22.5 Å². The Labute approximate surface area is 102 Å². The molecule has 6 nitrogen and oxygen atoms in total. The molecule has 1 aromatic carbocycles. The van der Waals surface area contributed by atoms with E-state index in [0.717, 1.165) is 17.0 Å². The second kappa shape index (κ2) is 5.35. The van der Waals surface area contributed by atoms with E-state index in [4.69, 9.17) is 0 Å². The van der Waals surface area contributed by atoms with Crippen LogP contribution in [-0.4, -0.2) is 23.2 Å². The number of rotatable bonds is 5. The quantitative estimate of drug-likeness (QED) is 0.454. The van der Waals surface area contributed by atoms with Crippen molar-refractivity contribution in [3.05, 3.63) is 34.1 Å². The van der Waals surface area contributed by atoms with Gasteiger partial charge in [-0.2, -0.15) is 4.39 Å². The average molecular weight is 254 g/mol. The summed E-state index contributed by atoms with van der Waals surface area (Å²) in [5, 5.41) is 10.6. The van der Waals surface area contributed by atoms with E-state index >= 15 is 0 Å². The summed E-state index contributed by atoms with van der Waals surface area (Å²) in [6.07, 6.45) is 0.378. The fourth-order valence-corrected chi connectivity index (χ4v) is 1.37. The number of benzene rings is 1. The molecule has 18 heavy (non-hydrogen) atoms.